The first-order valence-electron chi connectivity index (χ1n) is 9.04. The average Bonchev–Trinajstić information content (AvgIpc) is 3.20. The summed E-state index contributed by atoms with van der Waals surface area (Å²) in [5.74, 6) is 1.22. The van der Waals surface area contributed by atoms with Crippen LogP contribution in [0.1, 0.15) is 47.8 Å². The smallest absolute Gasteiger partial charge is 0.251 e. The van der Waals surface area contributed by atoms with Gasteiger partial charge in [0.25, 0.3) is 5.91 Å². The monoisotopic (exact) mass is 380 g/mol. The van der Waals surface area contributed by atoms with Gasteiger partial charge in [0, 0.05) is 11.3 Å². The molecule has 1 heterocycles. The van der Waals surface area contributed by atoms with Gasteiger partial charge in [0.05, 0.1) is 6.04 Å². The second-order valence-corrected chi connectivity index (χ2v) is 7.81. The lowest BCUT2D eigenvalue weighted by Gasteiger charge is -2.21. The number of benzene rings is 2. The first kappa shape index (κ1) is 19.2. The normalized spacial score (nSPS) is 12.1. The second kappa shape index (κ2) is 9.37. The zero-order valence-corrected chi connectivity index (χ0v) is 16.4. The highest BCUT2D eigenvalue weighted by Gasteiger charge is 2.17. The van der Waals surface area contributed by atoms with Crippen molar-refractivity contribution in [3.8, 4) is 0 Å². The maximum Gasteiger partial charge on any atom is 0.251 e. The van der Waals surface area contributed by atoms with E-state index in [2.05, 4.69) is 46.5 Å². The van der Waals surface area contributed by atoms with Crippen LogP contribution in [0.15, 0.2) is 66.1 Å². The number of thioether (sulfide) groups is 1. The van der Waals surface area contributed by atoms with Crippen molar-refractivity contribution in [2.45, 2.75) is 37.2 Å². The number of carbonyl (C=O) groups is 1. The molecule has 3 aromatic rings. The van der Waals surface area contributed by atoms with E-state index in [1.54, 1.807) is 11.8 Å². The molecular weight excluding hydrogens is 356 g/mol. The molecule has 27 heavy (non-hydrogen) atoms. The van der Waals surface area contributed by atoms with Gasteiger partial charge in [0.1, 0.15) is 6.33 Å². The number of hydrogen-bond acceptors (Lipinski definition) is 4. The van der Waals surface area contributed by atoms with Crippen molar-refractivity contribution in [1.82, 2.24) is 20.5 Å². The van der Waals surface area contributed by atoms with E-state index in [4.69, 9.17) is 0 Å². The van der Waals surface area contributed by atoms with Crippen LogP contribution in [0.5, 0.6) is 0 Å². The summed E-state index contributed by atoms with van der Waals surface area (Å²) in [5.41, 5.74) is 2.95. The zero-order chi connectivity index (χ0) is 19.1. The molecule has 0 fully saturated rings. The molecular formula is C21H24N4OS. The van der Waals surface area contributed by atoms with Crippen LogP contribution < -0.4 is 5.32 Å². The quantitative estimate of drug-likeness (QED) is 0.560. The molecule has 0 spiro atoms. The van der Waals surface area contributed by atoms with E-state index < -0.39 is 0 Å². The van der Waals surface area contributed by atoms with Gasteiger partial charge in [-0.15, -0.1) is 0 Å². The molecule has 0 radical (unpaired) electrons. The Morgan fingerprint density at radius 2 is 1.85 bits per heavy atom. The minimum atomic E-state index is -0.0426. The van der Waals surface area contributed by atoms with Crippen molar-refractivity contribution in [2.24, 2.45) is 5.92 Å². The summed E-state index contributed by atoms with van der Waals surface area (Å²) < 4.78 is 0. The van der Waals surface area contributed by atoms with Crippen LogP contribution in [0.2, 0.25) is 0 Å². The SMILES string of the molecule is CC(C)CC(NC(=O)c1ccc(CSc2ncn[nH]2)cc1)c1ccccc1. The van der Waals surface area contributed by atoms with Crippen LogP contribution in [0.4, 0.5) is 0 Å². The van der Waals surface area contributed by atoms with Gasteiger partial charge in [-0.05, 0) is 35.6 Å². The van der Waals surface area contributed by atoms with E-state index >= 15 is 0 Å². The third kappa shape index (κ3) is 5.69. The van der Waals surface area contributed by atoms with Gasteiger partial charge in [-0.1, -0.05) is 68.1 Å². The van der Waals surface area contributed by atoms with Crippen molar-refractivity contribution < 1.29 is 4.79 Å². The summed E-state index contributed by atoms with van der Waals surface area (Å²) in [5, 5.41) is 10.6. The molecule has 0 aliphatic carbocycles. The predicted octanol–water partition coefficient (Wildman–Crippen LogP) is 4.61. The van der Waals surface area contributed by atoms with Crippen LogP contribution in [0.25, 0.3) is 0 Å². The Kier molecular flexibility index (Phi) is 6.65. The van der Waals surface area contributed by atoms with Gasteiger partial charge in [-0.25, -0.2) is 4.98 Å². The summed E-state index contributed by atoms with van der Waals surface area (Å²) in [6.45, 7) is 4.34. The third-order valence-corrected chi connectivity index (χ3v) is 5.15. The summed E-state index contributed by atoms with van der Waals surface area (Å²) in [6.07, 6.45) is 2.40. The molecule has 6 heteroatoms. The maximum absolute atomic E-state index is 12.7. The number of nitrogens with zero attached hydrogens (tertiary/aromatic N) is 2. The molecule has 2 aromatic carbocycles. The van der Waals surface area contributed by atoms with E-state index in [-0.39, 0.29) is 11.9 Å². The third-order valence-electron chi connectivity index (χ3n) is 4.20. The number of H-pyrrole nitrogens is 1. The van der Waals surface area contributed by atoms with E-state index in [1.165, 1.54) is 6.33 Å². The van der Waals surface area contributed by atoms with Gasteiger partial charge < -0.3 is 5.32 Å². The molecule has 0 saturated heterocycles. The lowest BCUT2D eigenvalue weighted by molar-refractivity contribution is 0.0932. The van der Waals surface area contributed by atoms with E-state index in [0.29, 0.717) is 11.5 Å². The van der Waals surface area contributed by atoms with Crippen LogP contribution in [-0.4, -0.2) is 21.1 Å². The molecule has 0 saturated carbocycles. The van der Waals surface area contributed by atoms with Crippen LogP contribution >= 0.6 is 11.8 Å². The highest BCUT2D eigenvalue weighted by Crippen LogP contribution is 2.22. The van der Waals surface area contributed by atoms with Crippen molar-refractivity contribution in [3.63, 3.8) is 0 Å². The molecule has 1 aromatic heterocycles. The van der Waals surface area contributed by atoms with Crippen LogP contribution in [0, 0.1) is 5.92 Å². The largest absolute Gasteiger partial charge is 0.345 e. The van der Waals surface area contributed by atoms with Gasteiger partial charge in [-0.3, -0.25) is 9.89 Å². The Labute approximate surface area is 164 Å². The van der Waals surface area contributed by atoms with Gasteiger partial charge in [-0.2, -0.15) is 5.10 Å². The summed E-state index contributed by atoms with van der Waals surface area (Å²) in [7, 11) is 0. The summed E-state index contributed by atoms with van der Waals surface area (Å²) in [6, 6.07) is 17.9. The fraction of sp³-hybridized carbons (Fsp3) is 0.286. The molecule has 1 atom stereocenters. The molecule has 140 valence electrons. The molecule has 2 N–H and O–H groups in total. The molecule has 5 nitrogen and oxygen atoms in total. The lowest BCUT2D eigenvalue weighted by atomic mass is 9.96. The Balaban J connectivity index is 1.63. The number of amides is 1. The van der Waals surface area contributed by atoms with E-state index in [9.17, 15) is 4.79 Å². The Morgan fingerprint density at radius 1 is 1.11 bits per heavy atom. The lowest BCUT2D eigenvalue weighted by Crippen LogP contribution is -2.29. The number of aromatic amines is 1. The van der Waals surface area contributed by atoms with Gasteiger partial charge >= 0.3 is 0 Å². The first-order chi connectivity index (χ1) is 13.1. The first-order valence-corrected chi connectivity index (χ1v) is 10.0. The van der Waals surface area contributed by atoms with Crippen molar-refractivity contribution in [1.29, 1.82) is 0 Å². The molecule has 0 aliphatic heterocycles. The summed E-state index contributed by atoms with van der Waals surface area (Å²) >= 11 is 1.58. The number of aromatic nitrogens is 3. The number of nitrogens with one attached hydrogen (secondary N) is 2. The van der Waals surface area contributed by atoms with E-state index in [1.807, 2.05) is 42.5 Å². The number of rotatable bonds is 8. The van der Waals surface area contributed by atoms with Crippen molar-refractivity contribution >= 4 is 17.7 Å². The fourth-order valence-electron chi connectivity index (χ4n) is 2.84. The van der Waals surface area contributed by atoms with Crippen molar-refractivity contribution in [2.75, 3.05) is 0 Å². The van der Waals surface area contributed by atoms with E-state index in [0.717, 1.165) is 28.5 Å². The second-order valence-electron chi connectivity index (χ2n) is 6.84. The Morgan fingerprint density at radius 3 is 2.48 bits per heavy atom. The molecule has 0 aliphatic rings. The Bertz CT molecular complexity index is 832. The fourth-order valence-corrected chi connectivity index (χ4v) is 3.58. The maximum atomic E-state index is 12.7. The molecule has 1 amide bonds. The summed E-state index contributed by atoms with van der Waals surface area (Å²) in [4.78, 5) is 16.8. The molecule has 0 bridgehead atoms. The zero-order valence-electron chi connectivity index (χ0n) is 15.6. The standard InChI is InChI=1S/C21H24N4OS/c1-15(2)12-19(17-6-4-3-5-7-17)24-20(26)18-10-8-16(9-11-18)13-27-21-22-14-23-25-21/h3-11,14-15,19H,12-13H2,1-2H3,(H,24,26)(H,22,23,25). The number of carbonyl (C=O) groups excluding carboxylic acids is 1. The van der Waals surface area contributed by atoms with Crippen LogP contribution in [-0.2, 0) is 5.75 Å². The van der Waals surface area contributed by atoms with Crippen molar-refractivity contribution in [3.05, 3.63) is 77.6 Å². The average molecular weight is 381 g/mol. The van der Waals surface area contributed by atoms with Crippen LogP contribution in [0.3, 0.4) is 0 Å². The van der Waals surface area contributed by atoms with Gasteiger partial charge in [0.15, 0.2) is 5.16 Å². The Hall–Kier alpha value is -2.60. The highest BCUT2D eigenvalue weighted by atomic mass is 32.2. The van der Waals surface area contributed by atoms with Gasteiger partial charge in [0.2, 0.25) is 0 Å². The topological polar surface area (TPSA) is 70.7 Å². The number of hydrogen-bond donors (Lipinski definition) is 2. The predicted molar refractivity (Wildman–Crippen MR) is 108 cm³/mol. The molecule has 1 unspecified atom stereocenters. The minimum absolute atomic E-state index is 0.0142. The minimum Gasteiger partial charge on any atom is -0.345 e. The molecule has 3 rings (SSSR count). The highest BCUT2D eigenvalue weighted by molar-refractivity contribution is 7.98.